The number of hydrazone groups is 1. The van der Waals surface area contributed by atoms with Crippen LogP contribution in [-0.4, -0.2) is 15.9 Å². The van der Waals surface area contributed by atoms with Gasteiger partial charge in [-0.1, -0.05) is 30.3 Å². The summed E-state index contributed by atoms with van der Waals surface area (Å²) in [7, 11) is 0. The van der Waals surface area contributed by atoms with Crippen LogP contribution in [0, 0.1) is 0 Å². The van der Waals surface area contributed by atoms with Gasteiger partial charge in [0.2, 0.25) is 0 Å². The average molecular weight is 343 g/mol. The third-order valence-electron chi connectivity index (χ3n) is 2.93. The molecule has 0 aliphatic rings. The molecule has 0 aliphatic carbocycles. The highest BCUT2D eigenvalue weighted by molar-refractivity contribution is 7.80. The molecule has 0 amide bonds. The Morgan fingerprint density at radius 2 is 1.48 bits per heavy atom. The van der Waals surface area contributed by atoms with E-state index in [4.69, 9.17) is 30.2 Å². The highest BCUT2D eigenvalue weighted by Crippen LogP contribution is 2.12. The summed E-state index contributed by atoms with van der Waals surface area (Å²) >= 11 is 10.0. The fraction of sp³-hybridized carbons (Fsp3) is 0.0625. The van der Waals surface area contributed by atoms with E-state index in [1.54, 1.807) is 0 Å². The van der Waals surface area contributed by atoms with E-state index >= 15 is 0 Å². The van der Waals surface area contributed by atoms with Crippen molar-refractivity contribution in [2.24, 2.45) is 10.8 Å². The first-order valence-corrected chi connectivity index (χ1v) is 7.69. The van der Waals surface area contributed by atoms with Gasteiger partial charge >= 0.3 is 0 Å². The van der Waals surface area contributed by atoms with Gasteiger partial charge in [0.15, 0.2) is 10.2 Å². The lowest BCUT2D eigenvalue weighted by molar-refractivity contribution is 1.03. The number of anilines is 2. The first-order valence-electron chi connectivity index (χ1n) is 6.88. The van der Waals surface area contributed by atoms with E-state index in [0.29, 0.717) is 5.11 Å². The van der Waals surface area contributed by atoms with Gasteiger partial charge in [-0.05, 0) is 61.2 Å². The molecule has 0 aliphatic heterocycles. The van der Waals surface area contributed by atoms with Gasteiger partial charge in [0.25, 0.3) is 0 Å². The number of hydrogen-bond donors (Lipinski definition) is 4. The first kappa shape index (κ1) is 16.9. The highest BCUT2D eigenvalue weighted by Gasteiger charge is 2.01. The van der Waals surface area contributed by atoms with Crippen molar-refractivity contribution in [3.05, 3.63) is 60.2 Å². The van der Waals surface area contributed by atoms with Gasteiger partial charge in [-0.25, -0.2) is 0 Å². The largest absolute Gasteiger partial charge is 0.375 e. The zero-order valence-corrected chi connectivity index (χ0v) is 14.2. The Balaban J connectivity index is 1.96. The first-order chi connectivity index (χ1) is 11.0. The summed E-state index contributed by atoms with van der Waals surface area (Å²) in [5, 5.41) is 11.0. The minimum absolute atomic E-state index is 0.139. The summed E-state index contributed by atoms with van der Waals surface area (Å²) in [6.45, 7) is 1.87. The van der Waals surface area contributed by atoms with Gasteiger partial charge in [-0.15, -0.1) is 0 Å². The molecule has 0 spiro atoms. The summed E-state index contributed by atoms with van der Waals surface area (Å²) in [5.74, 6) is 0. The van der Waals surface area contributed by atoms with Crippen molar-refractivity contribution >= 4 is 51.7 Å². The maximum Gasteiger partial charge on any atom is 0.184 e. The molecular weight excluding hydrogens is 326 g/mol. The summed E-state index contributed by atoms with van der Waals surface area (Å²) in [6, 6.07) is 17.5. The monoisotopic (exact) mass is 343 g/mol. The van der Waals surface area contributed by atoms with Crippen molar-refractivity contribution in [1.82, 2.24) is 5.43 Å². The van der Waals surface area contributed by atoms with Crippen molar-refractivity contribution in [2.75, 3.05) is 10.6 Å². The summed E-state index contributed by atoms with van der Waals surface area (Å²) in [5.41, 5.74) is 11.5. The van der Waals surface area contributed by atoms with E-state index in [1.165, 1.54) is 0 Å². The smallest absolute Gasteiger partial charge is 0.184 e. The van der Waals surface area contributed by atoms with Gasteiger partial charge in [0.05, 0.1) is 5.71 Å². The third kappa shape index (κ3) is 5.65. The van der Waals surface area contributed by atoms with Crippen LogP contribution in [0.5, 0.6) is 0 Å². The third-order valence-corrected chi connectivity index (χ3v) is 3.22. The molecule has 118 valence electrons. The molecule has 0 saturated carbocycles. The van der Waals surface area contributed by atoms with Crippen molar-refractivity contribution < 1.29 is 0 Å². The lowest BCUT2D eigenvalue weighted by atomic mass is 10.1. The number of nitrogens with one attached hydrogen (secondary N) is 3. The number of thiocarbonyl (C=S) groups is 2. The standard InChI is InChI=1S/C16H17N5S2/c1-11(20-21-15(17)22)12-7-9-14(10-8-12)19-16(23)18-13-5-3-2-4-6-13/h2-10H,1H3,(H3,17,21,22)(H2,18,19,23)/b20-11-. The molecule has 0 saturated heterocycles. The molecule has 7 heteroatoms. The Morgan fingerprint density at radius 3 is 2.04 bits per heavy atom. The molecule has 0 heterocycles. The number of nitrogens with zero attached hydrogens (tertiary/aromatic N) is 1. The zero-order valence-electron chi connectivity index (χ0n) is 12.5. The summed E-state index contributed by atoms with van der Waals surface area (Å²) in [4.78, 5) is 0. The topological polar surface area (TPSA) is 74.5 Å². The van der Waals surface area contributed by atoms with Gasteiger partial charge < -0.3 is 16.4 Å². The number of benzene rings is 2. The Hall–Kier alpha value is -2.51. The van der Waals surface area contributed by atoms with Crippen LogP contribution in [0.15, 0.2) is 59.7 Å². The molecule has 23 heavy (non-hydrogen) atoms. The number of nitrogens with two attached hydrogens (primary N) is 1. The van der Waals surface area contributed by atoms with Gasteiger partial charge in [-0.3, -0.25) is 5.43 Å². The molecule has 0 aromatic heterocycles. The van der Waals surface area contributed by atoms with Crippen molar-refractivity contribution in [3.8, 4) is 0 Å². The molecular formula is C16H17N5S2. The zero-order chi connectivity index (χ0) is 16.7. The quantitative estimate of drug-likeness (QED) is 0.388. The van der Waals surface area contributed by atoms with E-state index in [0.717, 1.165) is 22.6 Å². The maximum atomic E-state index is 5.34. The Bertz CT molecular complexity index is 711. The maximum absolute atomic E-state index is 5.34. The molecule has 5 N–H and O–H groups in total. The Labute approximate surface area is 146 Å². The highest BCUT2D eigenvalue weighted by atomic mass is 32.1. The van der Waals surface area contributed by atoms with E-state index in [9.17, 15) is 0 Å². The molecule has 0 unspecified atom stereocenters. The lowest BCUT2D eigenvalue weighted by Crippen LogP contribution is -2.25. The van der Waals surface area contributed by atoms with Crippen LogP contribution >= 0.6 is 24.4 Å². The fourth-order valence-corrected chi connectivity index (χ4v) is 2.09. The molecule has 0 atom stereocenters. The van der Waals surface area contributed by atoms with Crippen molar-refractivity contribution in [3.63, 3.8) is 0 Å². The molecule has 2 rings (SSSR count). The van der Waals surface area contributed by atoms with Crippen LogP contribution in [0.3, 0.4) is 0 Å². The number of hydrogen-bond acceptors (Lipinski definition) is 3. The van der Waals surface area contributed by atoms with Crippen LogP contribution in [0.2, 0.25) is 0 Å². The summed E-state index contributed by atoms with van der Waals surface area (Å²) < 4.78 is 0. The molecule has 5 nitrogen and oxygen atoms in total. The van der Waals surface area contributed by atoms with Gasteiger partial charge in [0, 0.05) is 11.4 Å². The molecule has 0 radical (unpaired) electrons. The van der Waals surface area contributed by atoms with Crippen molar-refractivity contribution in [1.29, 1.82) is 0 Å². The average Bonchev–Trinajstić information content (AvgIpc) is 2.54. The van der Waals surface area contributed by atoms with Crippen molar-refractivity contribution in [2.45, 2.75) is 6.92 Å². The van der Waals surface area contributed by atoms with Crippen LogP contribution in [-0.2, 0) is 0 Å². The molecule has 0 bridgehead atoms. The molecule has 2 aromatic carbocycles. The van der Waals surface area contributed by atoms with Crippen LogP contribution in [0.25, 0.3) is 0 Å². The normalized spacial score (nSPS) is 10.7. The van der Waals surface area contributed by atoms with Crippen LogP contribution < -0.4 is 21.8 Å². The lowest BCUT2D eigenvalue weighted by Gasteiger charge is -2.11. The van der Waals surface area contributed by atoms with Crippen LogP contribution in [0.1, 0.15) is 12.5 Å². The Morgan fingerprint density at radius 1 is 0.913 bits per heavy atom. The van der Waals surface area contributed by atoms with E-state index in [1.807, 2.05) is 61.5 Å². The van der Waals surface area contributed by atoms with Gasteiger partial charge in [0.1, 0.15) is 0 Å². The number of rotatable bonds is 4. The van der Waals surface area contributed by atoms with Gasteiger partial charge in [-0.2, -0.15) is 5.10 Å². The minimum atomic E-state index is 0.139. The van der Waals surface area contributed by atoms with E-state index in [-0.39, 0.29) is 5.11 Å². The fourth-order valence-electron chi connectivity index (χ4n) is 1.81. The molecule has 2 aromatic rings. The minimum Gasteiger partial charge on any atom is -0.375 e. The number of para-hydroxylation sites is 1. The van der Waals surface area contributed by atoms with Crippen LogP contribution in [0.4, 0.5) is 11.4 Å². The second-order valence-corrected chi connectivity index (χ2v) is 5.54. The predicted molar refractivity (Wildman–Crippen MR) is 105 cm³/mol. The molecule has 0 fully saturated rings. The predicted octanol–water partition coefficient (Wildman–Crippen LogP) is 3.05. The summed E-state index contributed by atoms with van der Waals surface area (Å²) in [6.07, 6.45) is 0. The second-order valence-electron chi connectivity index (χ2n) is 4.70. The second kappa shape index (κ2) is 8.21. The Kier molecular flexibility index (Phi) is 6.02. The SMILES string of the molecule is C/C(=N/NC(N)=S)c1ccc(NC(=S)Nc2ccccc2)cc1. The van der Waals surface area contributed by atoms with E-state index in [2.05, 4.69) is 21.2 Å². The van der Waals surface area contributed by atoms with E-state index < -0.39 is 0 Å².